The predicted octanol–water partition coefficient (Wildman–Crippen LogP) is 10.6. The van der Waals surface area contributed by atoms with Gasteiger partial charge in [-0.15, -0.1) is 11.8 Å². The Bertz CT molecular complexity index is 1190. The normalized spacial score (nSPS) is 11.5. The molecule has 0 aliphatic rings. The fourth-order valence-electron chi connectivity index (χ4n) is 4.90. The highest BCUT2D eigenvalue weighted by Gasteiger charge is 2.11. The Morgan fingerprint density at radius 3 is 1.78 bits per heavy atom. The third-order valence-electron chi connectivity index (χ3n) is 7.05. The number of benzene rings is 3. The number of aromatic nitrogens is 2. The zero-order valence-electron chi connectivity index (χ0n) is 22.1. The molecule has 3 aromatic carbocycles. The number of nitrogens with zero attached hydrogens (tertiary/aromatic N) is 2. The summed E-state index contributed by atoms with van der Waals surface area (Å²) >= 11 is 1.90. The molecule has 0 atom stereocenters. The molecule has 1 aromatic heterocycles. The first kappa shape index (κ1) is 26.7. The zero-order chi connectivity index (χ0) is 24.8. The molecule has 0 fully saturated rings. The van der Waals surface area contributed by atoms with E-state index in [2.05, 4.69) is 67.6 Å². The summed E-state index contributed by atoms with van der Waals surface area (Å²) in [6.07, 6.45) is 18.1. The predicted molar refractivity (Wildman–Crippen MR) is 159 cm³/mol. The third kappa shape index (κ3) is 8.06. The molecule has 0 aliphatic heterocycles. The number of unbranched alkanes of at least 4 members (excludes halogenated alkanes) is 12. The summed E-state index contributed by atoms with van der Waals surface area (Å²) in [4.78, 5) is 9.98. The molecular weight excluding hydrogens is 456 g/mol. The average molecular weight is 499 g/mol. The molecule has 0 bridgehead atoms. The van der Waals surface area contributed by atoms with Crippen molar-refractivity contribution >= 4 is 33.4 Å². The molecule has 1 heterocycles. The molecule has 0 saturated heterocycles. The van der Waals surface area contributed by atoms with Crippen LogP contribution in [-0.2, 0) is 0 Å². The summed E-state index contributed by atoms with van der Waals surface area (Å²) in [6.45, 7) is 2.29. The van der Waals surface area contributed by atoms with Crippen molar-refractivity contribution in [3.8, 4) is 11.4 Å². The molecule has 0 aliphatic carbocycles. The van der Waals surface area contributed by atoms with E-state index in [-0.39, 0.29) is 0 Å². The van der Waals surface area contributed by atoms with Gasteiger partial charge in [-0.2, -0.15) is 0 Å². The van der Waals surface area contributed by atoms with Gasteiger partial charge < -0.3 is 0 Å². The van der Waals surface area contributed by atoms with Crippen LogP contribution in [0.25, 0.3) is 33.1 Å². The molecular formula is C33H42N2S. The maximum atomic E-state index is 5.03. The van der Waals surface area contributed by atoms with E-state index in [1.165, 1.54) is 99.6 Å². The van der Waals surface area contributed by atoms with Gasteiger partial charge in [0.25, 0.3) is 0 Å². The molecule has 2 nitrogen and oxygen atoms in total. The Hall–Kier alpha value is -2.39. The fraction of sp³-hybridized carbons (Fsp3) is 0.455. The van der Waals surface area contributed by atoms with Crippen LogP contribution in [0.5, 0.6) is 0 Å². The summed E-state index contributed by atoms with van der Waals surface area (Å²) in [5, 5.41) is 4.77. The van der Waals surface area contributed by atoms with E-state index in [9.17, 15) is 0 Å². The number of thioether (sulfide) groups is 1. The number of hydrogen-bond acceptors (Lipinski definition) is 3. The molecule has 3 heteroatoms. The van der Waals surface area contributed by atoms with Crippen molar-refractivity contribution in [3.63, 3.8) is 0 Å². The molecule has 0 N–H and O–H groups in total. The van der Waals surface area contributed by atoms with Crippen LogP contribution in [0.1, 0.15) is 90.4 Å². The first-order valence-corrected chi connectivity index (χ1v) is 15.2. The first-order chi connectivity index (χ1) is 17.8. The molecule has 0 radical (unpaired) electrons. The van der Waals surface area contributed by atoms with Crippen LogP contribution < -0.4 is 0 Å². The van der Waals surface area contributed by atoms with Gasteiger partial charge in [0.05, 0.1) is 5.52 Å². The van der Waals surface area contributed by atoms with E-state index >= 15 is 0 Å². The molecule has 4 rings (SSSR count). The third-order valence-corrected chi connectivity index (χ3v) is 8.12. The van der Waals surface area contributed by atoms with Gasteiger partial charge in [-0.1, -0.05) is 139 Å². The Labute approximate surface area is 222 Å². The minimum Gasteiger partial charge on any atom is -0.228 e. The van der Waals surface area contributed by atoms with Crippen molar-refractivity contribution in [3.05, 3.63) is 66.7 Å². The van der Waals surface area contributed by atoms with E-state index in [1.807, 2.05) is 17.8 Å². The van der Waals surface area contributed by atoms with Gasteiger partial charge in [0, 0.05) is 10.9 Å². The maximum absolute atomic E-state index is 5.03. The highest BCUT2D eigenvalue weighted by atomic mass is 32.2. The highest BCUT2D eigenvalue weighted by Crippen LogP contribution is 2.32. The maximum Gasteiger partial charge on any atom is 0.161 e. The lowest BCUT2D eigenvalue weighted by atomic mass is 10.1. The molecule has 0 spiro atoms. The topological polar surface area (TPSA) is 25.8 Å². The van der Waals surface area contributed by atoms with Crippen LogP contribution >= 0.6 is 11.8 Å². The van der Waals surface area contributed by atoms with Crippen molar-refractivity contribution in [2.75, 3.05) is 5.75 Å². The average Bonchev–Trinajstić information content (AvgIpc) is 2.92. The molecule has 0 amide bonds. The lowest BCUT2D eigenvalue weighted by Crippen LogP contribution is -1.95. The van der Waals surface area contributed by atoms with Crippen molar-refractivity contribution in [1.82, 2.24) is 9.97 Å². The van der Waals surface area contributed by atoms with Gasteiger partial charge >= 0.3 is 0 Å². The second-order valence-corrected chi connectivity index (χ2v) is 11.1. The van der Waals surface area contributed by atoms with E-state index in [4.69, 9.17) is 9.97 Å². The van der Waals surface area contributed by atoms with E-state index in [0.717, 1.165) is 27.7 Å². The summed E-state index contributed by atoms with van der Waals surface area (Å²) in [5.74, 6) is 1.94. The minimum atomic E-state index is 0.825. The van der Waals surface area contributed by atoms with Crippen molar-refractivity contribution in [2.45, 2.75) is 95.4 Å². The number of hydrogen-bond donors (Lipinski definition) is 0. The monoisotopic (exact) mass is 498 g/mol. The van der Waals surface area contributed by atoms with Gasteiger partial charge in [0.2, 0.25) is 0 Å². The summed E-state index contributed by atoms with van der Waals surface area (Å²) < 4.78 is 0. The Balaban J connectivity index is 1.26. The van der Waals surface area contributed by atoms with E-state index in [1.54, 1.807) is 0 Å². The van der Waals surface area contributed by atoms with Crippen molar-refractivity contribution in [2.24, 2.45) is 0 Å². The Morgan fingerprint density at radius 1 is 0.583 bits per heavy atom. The van der Waals surface area contributed by atoms with Gasteiger partial charge in [0.15, 0.2) is 5.82 Å². The SMILES string of the molecule is CCCCCCCCCCCCCCCSc1nc(-c2ccccc2)nc2cc3ccccc3cc12. The fourth-order valence-corrected chi connectivity index (χ4v) is 5.91. The van der Waals surface area contributed by atoms with Crippen LogP contribution in [0.15, 0.2) is 71.8 Å². The quantitative estimate of drug-likeness (QED) is 0.0665. The van der Waals surface area contributed by atoms with Crippen LogP contribution in [0, 0.1) is 0 Å². The van der Waals surface area contributed by atoms with Crippen molar-refractivity contribution in [1.29, 1.82) is 0 Å². The zero-order valence-corrected chi connectivity index (χ0v) is 22.9. The van der Waals surface area contributed by atoms with Crippen molar-refractivity contribution < 1.29 is 0 Å². The van der Waals surface area contributed by atoms with Crippen LogP contribution in [0.2, 0.25) is 0 Å². The smallest absolute Gasteiger partial charge is 0.161 e. The van der Waals surface area contributed by atoms with E-state index in [0.29, 0.717) is 0 Å². The Kier molecular flexibility index (Phi) is 11.1. The molecule has 36 heavy (non-hydrogen) atoms. The van der Waals surface area contributed by atoms with Crippen LogP contribution in [-0.4, -0.2) is 15.7 Å². The largest absolute Gasteiger partial charge is 0.228 e. The molecule has 0 unspecified atom stereocenters. The second kappa shape index (κ2) is 15.0. The van der Waals surface area contributed by atoms with Gasteiger partial charge in [-0.25, -0.2) is 9.97 Å². The summed E-state index contributed by atoms with van der Waals surface area (Å²) in [6, 6.07) is 23.4. The molecule has 0 saturated carbocycles. The van der Waals surface area contributed by atoms with Crippen LogP contribution in [0.3, 0.4) is 0 Å². The number of rotatable bonds is 16. The summed E-state index contributed by atoms with van der Waals surface area (Å²) in [5.41, 5.74) is 2.12. The lowest BCUT2D eigenvalue weighted by Gasteiger charge is -2.10. The first-order valence-electron chi connectivity index (χ1n) is 14.2. The van der Waals surface area contributed by atoms with E-state index < -0.39 is 0 Å². The summed E-state index contributed by atoms with van der Waals surface area (Å²) in [7, 11) is 0. The van der Waals surface area contributed by atoms with Gasteiger partial charge in [-0.05, 0) is 35.1 Å². The number of fused-ring (bicyclic) bond motifs is 2. The Morgan fingerprint density at radius 2 is 1.14 bits per heavy atom. The molecule has 4 aromatic rings. The van der Waals surface area contributed by atoms with Gasteiger partial charge in [0.1, 0.15) is 5.03 Å². The molecule has 190 valence electrons. The standard InChI is InChI=1S/C33H42N2S/c1-2-3-4-5-6-7-8-9-10-11-12-13-19-24-36-33-30-25-28-22-17-18-23-29(28)26-31(30)34-32(35-33)27-20-15-14-16-21-27/h14-18,20-23,25-26H,2-13,19,24H2,1H3. The van der Waals surface area contributed by atoms with Gasteiger partial charge in [-0.3, -0.25) is 0 Å². The second-order valence-electron chi connectivity index (χ2n) is 10.0. The minimum absolute atomic E-state index is 0.825. The highest BCUT2D eigenvalue weighted by molar-refractivity contribution is 7.99. The van der Waals surface area contributed by atoms with Crippen LogP contribution in [0.4, 0.5) is 0 Å². The lowest BCUT2D eigenvalue weighted by molar-refractivity contribution is 0.543.